The second kappa shape index (κ2) is 6.19. The van der Waals surface area contributed by atoms with E-state index in [0.29, 0.717) is 0 Å². The SMILES string of the molecule is NC(=O)C(S)C(S)C(N)=O.[NaH]. The Morgan fingerprint density at radius 1 is 1.00 bits per heavy atom. The van der Waals surface area contributed by atoms with Gasteiger partial charge in [-0.2, -0.15) is 25.3 Å². The van der Waals surface area contributed by atoms with Gasteiger partial charge in [0.1, 0.15) is 10.5 Å². The monoisotopic (exact) mass is 204 g/mol. The predicted octanol–water partition coefficient (Wildman–Crippen LogP) is -2.09. The number of hydrogen-bond donors (Lipinski definition) is 4. The van der Waals surface area contributed by atoms with E-state index in [9.17, 15) is 9.59 Å². The minimum absolute atomic E-state index is 0. The molecule has 0 spiro atoms. The summed E-state index contributed by atoms with van der Waals surface area (Å²) in [5.41, 5.74) is 9.61. The first kappa shape index (κ1) is 14.2. The molecule has 0 radical (unpaired) electrons. The van der Waals surface area contributed by atoms with Gasteiger partial charge in [0, 0.05) is 0 Å². The average molecular weight is 204 g/mol. The Morgan fingerprint density at radius 3 is 1.27 bits per heavy atom. The number of primary amides is 2. The quantitative estimate of drug-likeness (QED) is 0.314. The summed E-state index contributed by atoms with van der Waals surface area (Å²) >= 11 is 7.41. The van der Waals surface area contributed by atoms with Crippen LogP contribution in [0.4, 0.5) is 0 Å². The molecule has 0 heterocycles. The van der Waals surface area contributed by atoms with Crippen molar-refractivity contribution >= 4 is 66.6 Å². The van der Waals surface area contributed by atoms with E-state index in [4.69, 9.17) is 11.5 Å². The van der Waals surface area contributed by atoms with Crippen molar-refractivity contribution in [1.29, 1.82) is 0 Å². The summed E-state index contributed by atoms with van der Waals surface area (Å²) in [6.45, 7) is 0. The van der Waals surface area contributed by atoms with Gasteiger partial charge >= 0.3 is 29.6 Å². The Hall–Kier alpha value is 0.640. The Morgan fingerprint density at radius 2 is 1.18 bits per heavy atom. The standard InChI is InChI=1S/C4H8N2O2S2.Na.H/c5-3(7)1(9)2(10)4(6)8;;/h1-2,9-10H,(H2,5,7)(H2,6,8);;. The summed E-state index contributed by atoms with van der Waals surface area (Å²) in [4.78, 5) is 20.7. The van der Waals surface area contributed by atoms with Crippen LogP contribution in [0.15, 0.2) is 0 Å². The molecule has 11 heavy (non-hydrogen) atoms. The molecule has 4 N–H and O–H groups in total. The van der Waals surface area contributed by atoms with Crippen LogP contribution in [-0.2, 0) is 9.59 Å². The van der Waals surface area contributed by atoms with Crippen LogP contribution in [0.3, 0.4) is 0 Å². The molecule has 0 aliphatic rings. The first-order chi connectivity index (χ1) is 4.46. The number of carbonyl (C=O) groups excluding carboxylic acids is 2. The number of nitrogens with two attached hydrogens (primary N) is 2. The molecule has 0 aliphatic carbocycles. The van der Waals surface area contributed by atoms with Crippen LogP contribution < -0.4 is 11.5 Å². The van der Waals surface area contributed by atoms with E-state index in [-0.39, 0.29) is 29.6 Å². The molecule has 60 valence electrons. The summed E-state index contributed by atoms with van der Waals surface area (Å²) < 4.78 is 0. The fourth-order valence-corrected chi connectivity index (χ4v) is 0.605. The summed E-state index contributed by atoms with van der Waals surface area (Å²) in [6.07, 6.45) is 0. The molecule has 0 aliphatic heterocycles. The maximum atomic E-state index is 10.3. The summed E-state index contributed by atoms with van der Waals surface area (Å²) in [6, 6.07) is 0. The predicted molar refractivity (Wildman–Crippen MR) is 51.1 cm³/mol. The van der Waals surface area contributed by atoms with Gasteiger partial charge < -0.3 is 11.5 Å². The Labute approximate surface area is 97.6 Å². The van der Waals surface area contributed by atoms with Gasteiger partial charge in [-0.1, -0.05) is 0 Å². The van der Waals surface area contributed by atoms with Gasteiger partial charge in [0.05, 0.1) is 0 Å². The second-order valence-corrected chi connectivity index (χ2v) is 2.81. The van der Waals surface area contributed by atoms with Crippen molar-refractivity contribution in [3.63, 3.8) is 0 Å². The number of hydrogen-bond acceptors (Lipinski definition) is 4. The Bertz CT molecular complexity index is 148. The summed E-state index contributed by atoms with van der Waals surface area (Å²) in [7, 11) is 0. The molecule has 2 amide bonds. The van der Waals surface area contributed by atoms with Crippen molar-refractivity contribution < 1.29 is 9.59 Å². The van der Waals surface area contributed by atoms with Crippen LogP contribution in [0, 0.1) is 0 Å². The fraction of sp³-hybridized carbons (Fsp3) is 0.500. The maximum absolute atomic E-state index is 10.3. The van der Waals surface area contributed by atoms with Gasteiger partial charge in [-0.15, -0.1) is 0 Å². The van der Waals surface area contributed by atoms with E-state index in [1.165, 1.54) is 0 Å². The first-order valence-electron chi connectivity index (χ1n) is 2.41. The van der Waals surface area contributed by atoms with E-state index in [0.717, 1.165) is 0 Å². The van der Waals surface area contributed by atoms with Gasteiger partial charge in [0.25, 0.3) is 0 Å². The first-order valence-corrected chi connectivity index (χ1v) is 3.45. The number of rotatable bonds is 3. The third-order valence-electron chi connectivity index (χ3n) is 0.882. The zero-order chi connectivity index (χ0) is 8.31. The van der Waals surface area contributed by atoms with E-state index in [1.54, 1.807) is 0 Å². The topological polar surface area (TPSA) is 86.2 Å². The zero-order valence-corrected chi connectivity index (χ0v) is 6.81. The molecule has 0 fully saturated rings. The molecule has 0 saturated carbocycles. The molecule has 2 unspecified atom stereocenters. The van der Waals surface area contributed by atoms with Gasteiger partial charge in [-0.25, -0.2) is 0 Å². The molecular weight excluding hydrogens is 195 g/mol. The molecule has 0 aromatic carbocycles. The molecular formula is C4H9N2NaO2S2. The molecule has 0 aromatic heterocycles. The van der Waals surface area contributed by atoms with Crippen LogP contribution in [0.2, 0.25) is 0 Å². The van der Waals surface area contributed by atoms with Crippen molar-refractivity contribution in [1.82, 2.24) is 0 Å². The van der Waals surface area contributed by atoms with Gasteiger partial charge in [-0.3, -0.25) is 9.59 Å². The van der Waals surface area contributed by atoms with Crippen molar-refractivity contribution in [2.45, 2.75) is 10.5 Å². The van der Waals surface area contributed by atoms with Crippen LogP contribution in [-0.4, -0.2) is 51.9 Å². The van der Waals surface area contributed by atoms with Crippen molar-refractivity contribution in [2.24, 2.45) is 11.5 Å². The van der Waals surface area contributed by atoms with Crippen molar-refractivity contribution in [3.8, 4) is 0 Å². The number of amides is 2. The van der Waals surface area contributed by atoms with E-state index in [1.807, 2.05) is 0 Å². The van der Waals surface area contributed by atoms with Crippen LogP contribution in [0.5, 0.6) is 0 Å². The average Bonchev–Trinajstić information content (AvgIpc) is 1.84. The van der Waals surface area contributed by atoms with Gasteiger partial charge in [-0.05, 0) is 0 Å². The number of carbonyl (C=O) groups is 2. The van der Waals surface area contributed by atoms with E-state index >= 15 is 0 Å². The van der Waals surface area contributed by atoms with E-state index in [2.05, 4.69) is 25.3 Å². The molecule has 0 rings (SSSR count). The van der Waals surface area contributed by atoms with Gasteiger partial charge in [0.2, 0.25) is 11.8 Å². The minimum atomic E-state index is -0.916. The van der Waals surface area contributed by atoms with Gasteiger partial charge in [0.15, 0.2) is 0 Å². The van der Waals surface area contributed by atoms with Crippen LogP contribution in [0.25, 0.3) is 0 Å². The molecule has 7 heteroatoms. The molecule has 0 bridgehead atoms. The Kier molecular flexibility index (Phi) is 7.98. The van der Waals surface area contributed by atoms with Crippen molar-refractivity contribution in [2.75, 3.05) is 0 Å². The molecule has 4 nitrogen and oxygen atoms in total. The van der Waals surface area contributed by atoms with Crippen LogP contribution in [0.1, 0.15) is 0 Å². The summed E-state index contributed by atoms with van der Waals surface area (Å²) in [5.74, 6) is -1.41. The third-order valence-corrected chi connectivity index (χ3v) is 2.22. The number of thiol groups is 2. The second-order valence-electron chi connectivity index (χ2n) is 1.69. The Balaban J connectivity index is 0. The third kappa shape index (κ3) is 4.97. The normalized spacial score (nSPS) is 14.4. The summed E-state index contributed by atoms with van der Waals surface area (Å²) in [5, 5.41) is -1.83. The molecule has 0 saturated heterocycles. The van der Waals surface area contributed by atoms with E-state index < -0.39 is 22.3 Å². The fourth-order valence-electron chi connectivity index (χ4n) is 0.311. The molecule has 0 aromatic rings. The van der Waals surface area contributed by atoms with Crippen LogP contribution >= 0.6 is 25.3 Å². The molecule has 2 atom stereocenters. The van der Waals surface area contributed by atoms with Crippen molar-refractivity contribution in [3.05, 3.63) is 0 Å². The zero-order valence-electron chi connectivity index (χ0n) is 5.02.